The van der Waals surface area contributed by atoms with Gasteiger partial charge in [-0.05, 0) is 30.7 Å². The van der Waals surface area contributed by atoms with Crippen LogP contribution in [0.25, 0.3) is 21.8 Å². The van der Waals surface area contributed by atoms with Crippen molar-refractivity contribution in [3.8, 4) is 0 Å². The number of fused-ring (bicyclic) bond motifs is 3. The molecule has 5 nitrogen and oxygen atoms in total. The van der Waals surface area contributed by atoms with E-state index in [1.807, 2.05) is 0 Å². The summed E-state index contributed by atoms with van der Waals surface area (Å²) in [5, 5.41) is 11.7. The number of carboxylic acid groups (broad SMARTS) is 1. The topological polar surface area (TPSA) is 48.7 Å². The van der Waals surface area contributed by atoms with Gasteiger partial charge in [0.25, 0.3) is 0 Å². The summed E-state index contributed by atoms with van der Waals surface area (Å²) < 4.78 is 2.36. The number of rotatable bonds is 3. The Labute approximate surface area is 147 Å². The van der Waals surface area contributed by atoms with E-state index in [-0.39, 0.29) is 0 Å². The van der Waals surface area contributed by atoms with Gasteiger partial charge in [0.15, 0.2) is 0 Å². The minimum atomic E-state index is -0.812. The van der Waals surface area contributed by atoms with Gasteiger partial charge < -0.3 is 14.6 Å². The second-order valence-electron chi connectivity index (χ2n) is 6.66. The third kappa shape index (κ3) is 2.85. The van der Waals surface area contributed by atoms with Crippen LogP contribution in [0.5, 0.6) is 0 Å². The van der Waals surface area contributed by atoms with Gasteiger partial charge in [0.1, 0.15) is 0 Å². The van der Waals surface area contributed by atoms with E-state index in [9.17, 15) is 4.79 Å². The highest BCUT2D eigenvalue weighted by molar-refractivity contribution is 6.08. The zero-order valence-electron chi connectivity index (χ0n) is 14.5. The first-order chi connectivity index (χ1) is 12.2. The van der Waals surface area contributed by atoms with Crippen LogP contribution in [0.3, 0.4) is 0 Å². The number of hydrogen-bond acceptors (Lipinski definition) is 2. The minimum Gasteiger partial charge on any atom is -0.465 e. The van der Waals surface area contributed by atoms with E-state index in [4.69, 9.17) is 5.11 Å². The molecule has 1 N–H and O–H groups in total. The zero-order valence-corrected chi connectivity index (χ0v) is 14.5. The Morgan fingerprint density at radius 3 is 2.44 bits per heavy atom. The maximum Gasteiger partial charge on any atom is 0.407 e. The molecule has 3 aromatic rings. The lowest BCUT2D eigenvalue weighted by Crippen LogP contribution is -2.47. The average molecular weight is 337 g/mol. The van der Waals surface area contributed by atoms with E-state index in [0.29, 0.717) is 13.1 Å². The Kier molecular flexibility index (Phi) is 4.09. The van der Waals surface area contributed by atoms with Crippen LogP contribution in [-0.4, -0.2) is 51.7 Å². The summed E-state index contributed by atoms with van der Waals surface area (Å²) >= 11 is 0. The highest BCUT2D eigenvalue weighted by Gasteiger charge is 2.20. The number of aromatic nitrogens is 1. The molecule has 2 aromatic carbocycles. The highest BCUT2D eigenvalue weighted by atomic mass is 16.4. The fraction of sp³-hybridized carbons (Fsp3) is 0.350. The van der Waals surface area contributed by atoms with E-state index in [1.54, 1.807) is 0 Å². The molecule has 1 fully saturated rings. The predicted molar refractivity (Wildman–Crippen MR) is 100.0 cm³/mol. The van der Waals surface area contributed by atoms with Gasteiger partial charge in [0.2, 0.25) is 0 Å². The van der Waals surface area contributed by atoms with Crippen molar-refractivity contribution in [1.82, 2.24) is 14.4 Å². The Balaban J connectivity index is 1.62. The smallest absolute Gasteiger partial charge is 0.407 e. The first-order valence-corrected chi connectivity index (χ1v) is 8.87. The van der Waals surface area contributed by atoms with Crippen molar-refractivity contribution in [2.24, 2.45) is 0 Å². The Bertz CT molecular complexity index is 923. The molecule has 0 unspecified atom stereocenters. The first-order valence-electron chi connectivity index (χ1n) is 8.87. The lowest BCUT2D eigenvalue weighted by atomic mass is 10.1. The Morgan fingerprint density at radius 1 is 1.00 bits per heavy atom. The molecular weight excluding hydrogens is 314 g/mol. The van der Waals surface area contributed by atoms with Crippen LogP contribution in [0.4, 0.5) is 4.79 Å². The van der Waals surface area contributed by atoms with Crippen LogP contribution in [0.15, 0.2) is 42.5 Å². The molecular formula is C20H23N3O2. The van der Waals surface area contributed by atoms with E-state index in [2.05, 4.69) is 58.9 Å². The summed E-state index contributed by atoms with van der Waals surface area (Å²) in [4.78, 5) is 14.9. The van der Waals surface area contributed by atoms with Gasteiger partial charge in [-0.3, -0.25) is 4.90 Å². The number of hydrogen-bond donors (Lipinski definition) is 1. The van der Waals surface area contributed by atoms with Gasteiger partial charge in [0, 0.05) is 61.1 Å². The van der Waals surface area contributed by atoms with Gasteiger partial charge in [0.05, 0.1) is 0 Å². The van der Waals surface area contributed by atoms with Crippen LogP contribution in [-0.2, 0) is 13.1 Å². The Morgan fingerprint density at radius 2 is 1.72 bits per heavy atom. The van der Waals surface area contributed by atoms with Crippen molar-refractivity contribution in [3.05, 3.63) is 48.0 Å². The largest absolute Gasteiger partial charge is 0.465 e. The minimum absolute atomic E-state index is 0.590. The summed E-state index contributed by atoms with van der Waals surface area (Å²) in [7, 11) is 0. The molecule has 2 heterocycles. The lowest BCUT2D eigenvalue weighted by Gasteiger charge is -2.33. The molecule has 4 rings (SSSR count). The molecule has 0 aliphatic carbocycles. The molecule has 0 radical (unpaired) electrons. The van der Waals surface area contributed by atoms with Crippen LogP contribution >= 0.6 is 0 Å². The maximum absolute atomic E-state index is 11.0. The molecule has 0 atom stereocenters. The van der Waals surface area contributed by atoms with Crippen LogP contribution in [0, 0.1) is 0 Å². The molecule has 0 bridgehead atoms. The number of piperazine rings is 1. The van der Waals surface area contributed by atoms with Crippen molar-refractivity contribution in [1.29, 1.82) is 0 Å². The van der Waals surface area contributed by atoms with Crippen molar-refractivity contribution in [3.63, 3.8) is 0 Å². The van der Waals surface area contributed by atoms with Crippen molar-refractivity contribution >= 4 is 27.9 Å². The zero-order chi connectivity index (χ0) is 17.4. The number of para-hydroxylation sites is 1. The maximum atomic E-state index is 11.0. The highest BCUT2D eigenvalue weighted by Crippen LogP contribution is 2.30. The van der Waals surface area contributed by atoms with E-state index < -0.39 is 6.09 Å². The quantitative estimate of drug-likeness (QED) is 0.794. The standard InChI is InChI=1S/C20H23N3O2/c1-2-23-18-6-4-3-5-16(18)17-13-15(7-8-19(17)23)14-21-9-11-22(12-10-21)20(24)25/h3-8,13H,2,9-12,14H2,1H3,(H,24,25). The monoisotopic (exact) mass is 337 g/mol. The molecule has 0 saturated carbocycles. The molecule has 25 heavy (non-hydrogen) atoms. The van der Waals surface area contributed by atoms with Gasteiger partial charge in [-0.1, -0.05) is 24.3 Å². The summed E-state index contributed by atoms with van der Waals surface area (Å²) in [5.41, 5.74) is 3.85. The van der Waals surface area contributed by atoms with Gasteiger partial charge in [-0.25, -0.2) is 4.79 Å². The van der Waals surface area contributed by atoms with E-state index >= 15 is 0 Å². The third-order valence-electron chi connectivity index (χ3n) is 5.20. The molecule has 5 heteroatoms. The predicted octanol–water partition coefficient (Wildman–Crippen LogP) is 3.61. The van der Waals surface area contributed by atoms with Crippen LogP contribution < -0.4 is 0 Å². The van der Waals surface area contributed by atoms with Crippen LogP contribution in [0.2, 0.25) is 0 Å². The van der Waals surface area contributed by atoms with Crippen LogP contribution in [0.1, 0.15) is 12.5 Å². The average Bonchev–Trinajstić information content (AvgIpc) is 2.95. The van der Waals surface area contributed by atoms with Gasteiger partial charge in [-0.2, -0.15) is 0 Å². The summed E-state index contributed by atoms with van der Waals surface area (Å²) in [5.74, 6) is 0. The number of aryl methyl sites for hydroxylation is 1. The summed E-state index contributed by atoms with van der Waals surface area (Å²) in [6.45, 7) is 6.78. The van der Waals surface area contributed by atoms with Crippen molar-refractivity contribution < 1.29 is 9.90 Å². The van der Waals surface area contributed by atoms with E-state index in [1.165, 1.54) is 32.3 Å². The van der Waals surface area contributed by atoms with Crippen molar-refractivity contribution in [2.45, 2.75) is 20.0 Å². The van der Waals surface area contributed by atoms with Crippen molar-refractivity contribution in [2.75, 3.05) is 26.2 Å². The summed E-state index contributed by atoms with van der Waals surface area (Å²) in [6.07, 6.45) is -0.812. The third-order valence-corrected chi connectivity index (χ3v) is 5.20. The van der Waals surface area contributed by atoms with Gasteiger partial charge >= 0.3 is 6.09 Å². The Hall–Kier alpha value is -2.53. The number of benzene rings is 2. The normalized spacial score (nSPS) is 16.0. The molecule has 130 valence electrons. The molecule has 1 saturated heterocycles. The second-order valence-corrected chi connectivity index (χ2v) is 6.66. The molecule has 1 aliphatic heterocycles. The number of amides is 1. The fourth-order valence-electron chi connectivity index (χ4n) is 3.90. The summed E-state index contributed by atoms with van der Waals surface area (Å²) in [6, 6.07) is 15.3. The van der Waals surface area contributed by atoms with Gasteiger partial charge in [-0.15, -0.1) is 0 Å². The van der Waals surface area contributed by atoms with E-state index in [0.717, 1.165) is 26.2 Å². The first kappa shape index (κ1) is 16.0. The second kappa shape index (κ2) is 6.41. The molecule has 1 amide bonds. The molecule has 1 aromatic heterocycles. The SMILES string of the molecule is CCn1c2ccccc2c2cc(CN3CCN(C(=O)O)CC3)ccc21. The fourth-order valence-corrected chi connectivity index (χ4v) is 3.90. The molecule has 1 aliphatic rings. The lowest BCUT2D eigenvalue weighted by molar-refractivity contribution is 0.103. The molecule has 0 spiro atoms. The number of nitrogens with zero attached hydrogens (tertiary/aromatic N) is 3. The number of carbonyl (C=O) groups is 1.